The fourth-order valence-corrected chi connectivity index (χ4v) is 2.60. The van der Waals surface area contributed by atoms with E-state index in [4.69, 9.17) is 0 Å². The summed E-state index contributed by atoms with van der Waals surface area (Å²) in [7, 11) is 0. The lowest BCUT2D eigenvalue weighted by Crippen LogP contribution is -2.13. The Hall–Kier alpha value is -1.89. The van der Waals surface area contributed by atoms with Gasteiger partial charge in [-0.05, 0) is 21.8 Å². The number of Topliss-reactive ketones (excluding diaryl/α,β-unsaturated/α-hetero) is 1. The van der Waals surface area contributed by atoms with E-state index in [9.17, 15) is 4.79 Å². The van der Waals surface area contributed by atoms with Crippen molar-refractivity contribution in [2.24, 2.45) is 5.41 Å². The molecule has 90 valence electrons. The molecule has 0 aliphatic heterocycles. The highest BCUT2D eigenvalue weighted by Gasteiger charge is 2.24. The van der Waals surface area contributed by atoms with Gasteiger partial charge in [0.05, 0.1) is 0 Å². The quantitative estimate of drug-likeness (QED) is 0.659. The second-order valence-electron chi connectivity index (χ2n) is 5.67. The third-order valence-corrected chi connectivity index (χ3v) is 3.59. The van der Waals surface area contributed by atoms with Gasteiger partial charge in [0.2, 0.25) is 0 Å². The van der Waals surface area contributed by atoms with Crippen LogP contribution in [-0.2, 0) is 0 Å². The largest absolute Gasteiger partial charge is 0.294 e. The predicted molar refractivity (Wildman–Crippen MR) is 75.7 cm³/mol. The van der Waals surface area contributed by atoms with Crippen LogP contribution in [0.3, 0.4) is 0 Å². The van der Waals surface area contributed by atoms with Crippen molar-refractivity contribution >= 4 is 22.6 Å². The second kappa shape index (κ2) is 3.81. The zero-order chi connectivity index (χ0) is 12.8. The van der Waals surface area contributed by atoms with E-state index in [1.165, 1.54) is 5.39 Å². The normalized spacial score (nSPS) is 17.6. The molecule has 1 aliphatic rings. The molecule has 0 spiro atoms. The lowest BCUT2D eigenvalue weighted by molar-refractivity contribution is 0.0951. The Labute approximate surface area is 107 Å². The molecule has 0 amide bonds. The van der Waals surface area contributed by atoms with E-state index in [-0.39, 0.29) is 11.2 Å². The summed E-state index contributed by atoms with van der Waals surface area (Å²) in [5, 5.41) is 2.35. The van der Waals surface area contributed by atoms with Crippen molar-refractivity contribution in [1.82, 2.24) is 0 Å². The molecule has 1 heteroatoms. The van der Waals surface area contributed by atoms with Gasteiger partial charge in [-0.25, -0.2) is 0 Å². The van der Waals surface area contributed by atoms with E-state index < -0.39 is 0 Å². The van der Waals surface area contributed by atoms with Crippen LogP contribution in [0.4, 0.5) is 0 Å². The van der Waals surface area contributed by atoms with Crippen LogP contribution >= 0.6 is 0 Å². The van der Waals surface area contributed by atoms with Crippen LogP contribution in [0.1, 0.15) is 36.2 Å². The lowest BCUT2D eigenvalue weighted by Gasteiger charge is -2.16. The number of benzene rings is 2. The van der Waals surface area contributed by atoms with Crippen molar-refractivity contribution in [1.29, 1.82) is 0 Å². The van der Waals surface area contributed by atoms with Gasteiger partial charge in [-0.1, -0.05) is 62.4 Å². The fraction of sp³-hybridized carbons (Fsp3) is 0.235. The molecular formula is C17H16O. The zero-order valence-electron chi connectivity index (χ0n) is 10.7. The Balaban J connectivity index is 2.33. The van der Waals surface area contributed by atoms with Crippen LogP contribution < -0.4 is 0 Å². The van der Waals surface area contributed by atoms with E-state index in [2.05, 4.69) is 38.1 Å². The minimum atomic E-state index is -0.0583. The van der Waals surface area contributed by atoms with Gasteiger partial charge >= 0.3 is 0 Å². The monoisotopic (exact) mass is 236 g/mol. The number of allylic oxidation sites excluding steroid dienone is 1. The highest BCUT2D eigenvalue weighted by Crippen LogP contribution is 2.33. The maximum atomic E-state index is 12.3. The standard InChI is InChI=1S/C17H16O/c1-17(2)10-9-14-13-6-4-3-5-12(13)7-8-15(14)16(18)11-17/h3-10H,11H2,1-2H3. The molecule has 18 heavy (non-hydrogen) atoms. The number of hydrogen-bond acceptors (Lipinski definition) is 1. The van der Waals surface area contributed by atoms with Crippen LogP contribution in [0.25, 0.3) is 16.8 Å². The molecule has 1 nitrogen and oxygen atoms in total. The Morgan fingerprint density at radius 2 is 1.83 bits per heavy atom. The van der Waals surface area contributed by atoms with Crippen LogP contribution in [0.15, 0.2) is 42.5 Å². The summed E-state index contributed by atoms with van der Waals surface area (Å²) in [6.45, 7) is 4.21. The van der Waals surface area contributed by atoms with Gasteiger partial charge in [0.1, 0.15) is 0 Å². The third-order valence-electron chi connectivity index (χ3n) is 3.59. The SMILES string of the molecule is CC1(C)C=Cc2c(ccc3ccccc23)C(=O)C1. The van der Waals surface area contributed by atoms with Gasteiger partial charge in [-0.3, -0.25) is 4.79 Å². The average molecular weight is 236 g/mol. The van der Waals surface area contributed by atoms with E-state index in [1.54, 1.807) is 0 Å². The molecule has 0 bridgehead atoms. The number of fused-ring (bicyclic) bond motifs is 3. The fourth-order valence-electron chi connectivity index (χ4n) is 2.60. The van der Waals surface area contributed by atoms with Crippen molar-refractivity contribution < 1.29 is 4.79 Å². The van der Waals surface area contributed by atoms with E-state index in [0.29, 0.717) is 6.42 Å². The Bertz CT molecular complexity index is 662. The van der Waals surface area contributed by atoms with Crippen molar-refractivity contribution in [3.63, 3.8) is 0 Å². The molecule has 0 N–H and O–H groups in total. The molecule has 2 aromatic carbocycles. The van der Waals surface area contributed by atoms with Crippen LogP contribution in [-0.4, -0.2) is 5.78 Å². The molecule has 3 rings (SSSR count). The second-order valence-corrected chi connectivity index (χ2v) is 5.67. The van der Waals surface area contributed by atoms with Crippen molar-refractivity contribution in [3.8, 4) is 0 Å². The molecule has 0 saturated carbocycles. The zero-order valence-corrected chi connectivity index (χ0v) is 10.7. The predicted octanol–water partition coefficient (Wildman–Crippen LogP) is 4.47. The number of rotatable bonds is 0. The first-order chi connectivity index (χ1) is 8.57. The summed E-state index contributed by atoms with van der Waals surface area (Å²) in [6.07, 6.45) is 4.85. The van der Waals surface area contributed by atoms with Gasteiger partial charge in [0, 0.05) is 12.0 Å². The van der Waals surface area contributed by atoms with E-state index in [1.807, 2.05) is 24.3 Å². The third kappa shape index (κ3) is 1.76. The molecular weight excluding hydrogens is 220 g/mol. The first-order valence-corrected chi connectivity index (χ1v) is 6.31. The average Bonchev–Trinajstić information content (AvgIpc) is 2.46. The molecule has 2 aromatic rings. The van der Waals surface area contributed by atoms with Crippen LogP contribution in [0.2, 0.25) is 0 Å². The lowest BCUT2D eigenvalue weighted by atomic mass is 9.87. The van der Waals surface area contributed by atoms with E-state index in [0.717, 1.165) is 16.5 Å². The number of hydrogen-bond donors (Lipinski definition) is 0. The number of ketones is 1. The van der Waals surface area contributed by atoms with Crippen LogP contribution in [0.5, 0.6) is 0 Å². The molecule has 1 aliphatic carbocycles. The van der Waals surface area contributed by atoms with Gasteiger partial charge in [0.25, 0.3) is 0 Å². The topological polar surface area (TPSA) is 17.1 Å². The minimum Gasteiger partial charge on any atom is -0.294 e. The Morgan fingerprint density at radius 3 is 2.67 bits per heavy atom. The minimum absolute atomic E-state index is 0.0583. The van der Waals surface area contributed by atoms with Crippen molar-refractivity contribution in [2.75, 3.05) is 0 Å². The molecule has 0 atom stereocenters. The van der Waals surface area contributed by atoms with Crippen molar-refractivity contribution in [3.05, 3.63) is 53.6 Å². The molecule has 0 radical (unpaired) electrons. The van der Waals surface area contributed by atoms with Crippen molar-refractivity contribution in [2.45, 2.75) is 20.3 Å². The first-order valence-electron chi connectivity index (χ1n) is 6.31. The number of carbonyl (C=O) groups is 1. The summed E-state index contributed by atoms with van der Waals surface area (Å²) < 4.78 is 0. The summed E-state index contributed by atoms with van der Waals surface area (Å²) >= 11 is 0. The molecule has 0 saturated heterocycles. The molecule has 0 fully saturated rings. The maximum Gasteiger partial charge on any atom is 0.164 e. The Morgan fingerprint density at radius 1 is 1.06 bits per heavy atom. The smallest absolute Gasteiger partial charge is 0.164 e. The van der Waals surface area contributed by atoms with E-state index >= 15 is 0 Å². The van der Waals surface area contributed by atoms with Crippen LogP contribution in [0, 0.1) is 5.41 Å². The van der Waals surface area contributed by atoms with Gasteiger partial charge in [-0.2, -0.15) is 0 Å². The molecule has 0 heterocycles. The molecule has 0 unspecified atom stereocenters. The summed E-state index contributed by atoms with van der Waals surface area (Å²) in [5.41, 5.74) is 1.87. The first kappa shape index (κ1) is 11.2. The van der Waals surface area contributed by atoms with Gasteiger partial charge in [0.15, 0.2) is 5.78 Å². The number of carbonyl (C=O) groups excluding carboxylic acids is 1. The Kier molecular flexibility index (Phi) is 2.37. The van der Waals surface area contributed by atoms with Gasteiger partial charge in [-0.15, -0.1) is 0 Å². The highest BCUT2D eigenvalue weighted by atomic mass is 16.1. The summed E-state index contributed by atoms with van der Waals surface area (Å²) in [6, 6.07) is 12.2. The molecule has 0 aromatic heterocycles. The van der Waals surface area contributed by atoms with Gasteiger partial charge < -0.3 is 0 Å². The highest BCUT2D eigenvalue weighted by molar-refractivity contribution is 6.07. The summed E-state index contributed by atoms with van der Waals surface area (Å²) in [5.74, 6) is 0.241. The maximum absolute atomic E-state index is 12.3. The summed E-state index contributed by atoms with van der Waals surface area (Å²) in [4.78, 5) is 12.3.